The van der Waals surface area contributed by atoms with Crippen molar-refractivity contribution in [3.05, 3.63) is 35.9 Å². The molecule has 0 atom stereocenters. The van der Waals surface area contributed by atoms with Crippen molar-refractivity contribution in [2.24, 2.45) is 4.99 Å². The van der Waals surface area contributed by atoms with Gasteiger partial charge in [-0.25, -0.2) is 0 Å². The quantitative estimate of drug-likeness (QED) is 0.494. The van der Waals surface area contributed by atoms with Crippen molar-refractivity contribution in [2.45, 2.75) is 32.1 Å². The molecule has 0 spiro atoms. The summed E-state index contributed by atoms with van der Waals surface area (Å²) in [5, 5.41) is 8.65. The number of benzene rings is 1. The molecule has 0 aliphatic heterocycles. The summed E-state index contributed by atoms with van der Waals surface area (Å²) in [4.78, 5) is 4.44. The molecule has 0 aliphatic rings. The van der Waals surface area contributed by atoms with E-state index < -0.39 is 0 Å². The van der Waals surface area contributed by atoms with E-state index in [-0.39, 0.29) is 0 Å². The molecule has 0 fully saturated rings. The van der Waals surface area contributed by atoms with E-state index in [1.807, 2.05) is 36.2 Å². The van der Waals surface area contributed by atoms with Gasteiger partial charge in [-0.1, -0.05) is 36.8 Å². The summed E-state index contributed by atoms with van der Waals surface area (Å²) in [6.45, 7) is 1.27. The molecule has 1 aromatic carbocycles. The topological polar surface area (TPSA) is 32.6 Å². The van der Waals surface area contributed by atoms with Gasteiger partial charge in [-0.3, -0.25) is 4.99 Å². The van der Waals surface area contributed by atoms with Crippen LogP contribution < -0.4 is 0 Å². The molecule has 0 heterocycles. The molecule has 0 saturated carbocycles. The average Bonchev–Trinajstić information content (AvgIpc) is 2.46. The first-order valence-electron chi connectivity index (χ1n) is 7.17. The van der Waals surface area contributed by atoms with Crippen molar-refractivity contribution >= 4 is 18.0 Å². The van der Waals surface area contributed by atoms with Crippen LogP contribution in [-0.4, -0.2) is 36.0 Å². The van der Waals surface area contributed by atoms with Gasteiger partial charge in [0.2, 0.25) is 0 Å². The fraction of sp³-hybridized carbons (Fsp3) is 0.562. The molecular weight excluding hydrogens is 254 g/mol. The number of nitrogens with zero attached hydrogens (tertiary/aromatic N) is 1. The summed E-state index contributed by atoms with van der Waals surface area (Å²) in [6.07, 6.45) is 7.78. The van der Waals surface area contributed by atoms with Gasteiger partial charge in [0, 0.05) is 19.4 Å². The highest BCUT2D eigenvalue weighted by atomic mass is 32.2. The van der Waals surface area contributed by atoms with Gasteiger partial charge in [0.05, 0.1) is 0 Å². The van der Waals surface area contributed by atoms with Gasteiger partial charge < -0.3 is 5.11 Å². The smallest absolute Gasteiger partial charge is 0.0431 e. The Morgan fingerprint density at radius 1 is 0.947 bits per heavy atom. The standard InChI is InChI=1S/C16H25NOS/c18-12-6-8-14-19-13-7-2-5-11-17-15-16-9-3-1-4-10-16/h1,3-4,9-10,15,18H,2,5-8,11-14H2. The third-order valence-electron chi connectivity index (χ3n) is 2.81. The first-order valence-corrected chi connectivity index (χ1v) is 8.32. The summed E-state index contributed by atoms with van der Waals surface area (Å²) in [7, 11) is 0. The second-order valence-electron chi connectivity index (χ2n) is 4.55. The Kier molecular flexibility index (Phi) is 10.5. The lowest BCUT2D eigenvalue weighted by atomic mass is 10.2. The summed E-state index contributed by atoms with van der Waals surface area (Å²) in [5.41, 5.74) is 1.18. The number of unbranched alkanes of at least 4 members (excludes halogenated alkanes) is 3. The van der Waals surface area contributed by atoms with Crippen LogP contribution in [0, 0.1) is 0 Å². The lowest BCUT2D eigenvalue weighted by Crippen LogP contribution is -1.89. The monoisotopic (exact) mass is 279 g/mol. The van der Waals surface area contributed by atoms with Crippen molar-refractivity contribution in [3.63, 3.8) is 0 Å². The Labute approximate surface area is 121 Å². The first-order chi connectivity index (χ1) is 9.43. The third-order valence-corrected chi connectivity index (χ3v) is 3.97. The average molecular weight is 279 g/mol. The molecule has 0 unspecified atom stereocenters. The summed E-state index contributed by atoms with van der Waals surface area (Å²) in [5.74, 6) is 2.43. The van der Waals surface area contributed by atoms with Gasteiger partial charge in [0.15, 0.2) is 0 Å². The van der Waals surface area contributed by atoms with E-state index >= 15 is 0 Å². The maximum atomic E-state index is 8.65. The van der Waals surface area contributed by atoms with Gasteiger partial charge in [-0.15, -0.1) is 0 Å². The molecule has 1 N–H and O–H groups in total. The van der Waals surface area contributed by atoms with Crippen molar-refractivity contribution in [1.82, 2.24) is 0 Å². The Hall–Kier alpha value is -0.800. The summed E-state index contributed by atoms with van der Waals surface area (Å²) >= 11 is 2.00. The van der Waals surface area contributed by atoms with Crippen molar-refractivity contribution in [1.29, 1.82) is 0 Å². The van der Waals surface area contributed by atoms with E-state index in [4.69, 9.17) is 5.11 Å². The maximum Gasteiger partial charge on any atom is 0.0431 e. The van der Waals surface area contributed by atoms with Crippen LogP contribution in [0.15, 0.2) is 35.3 Å². The lowest BCUT2D eigenvalue weighted by Gasteiger charge is -2.00. The molecule has 0 bridgehead atoms. The fourth-order valence-corrected chi connectivity index (χ4v) is 2.73. The van der Waals surface area contributed by atoms with Crippen LogP contribution in [0.2, 0.25) is 0 Å². The zero-order valence-corrected chi connectivity index (χ0v) is 12.4. The third kappa shape index (κ3) is 9.74. The van der Waals surface area contributed by atoms with Crippen molar-refractivity contribution in [3.8, 4) is 0 Å². The molecule has 0 amide bonds. The molecular formula is C16H25NOS. The zero-order valence-electron chi connectivity index (χ0n) is 11.6. The second kappa shape index (κ2) is 12.2. The number of aliphatic hydroxyl groups is 1. The predicted molar refractivity (Wildman–Crippen MR) is 86.4 cm³/mol. The highest BCUT2D eigenvalue weighted by molar-refractivity contribution is 7.99. The minimum absolute atomic E-state index is 0.333. The van der Waals surface area contributed by atoms with Crippen LogP contribution in [-0.2, 0) is 0 Å². The second-order valence-corrected chi connectivity index (χ2v) is 5.77. The Morgan fingerprint density at radius 2 is 1.68 bits per heavy atom. The van der Waals surface area contributed by atoms with Crippen LogP contribution in [0.1, 0.15) is 37.7 Å². The molecule has 19 heavy (non-hydrogen) atoms. The maximum absolute atomic E-state index is 8.65. The van der Waals surface area contributed by atoms with E-state index in [2.05, 4.69) is 17.1 Å². The molecule has 3 heteroatoms. The summed E-state index contributed by atoms with van der Waals surface area (Å²) in [6, 6.07) is 10.2. The van der Waals surface area contributed by atoms with Crippen LogP contribution >= 0.6 is 11.8 Å². The molecule has 0 radical (unpaired) electrons. The van der Waals surface area contributed by atoms with Crippen LogP contribution in [0.25, 0.3) is 0 Å². The van der Waals surface area contributed by atoms with Crippen LogP contribution in [0.3, 0.4) is 0 Å². The molecule has 2 nitrogen and oxygen atoms in total. The van der Waals surface area contributed by atoms with E-state index in [0.717, 1.165) is 19.4 Å². The Balaban J connectivity index is 1.87. The molecule has 0 aliphatic carbocycles. The van der Waals surface area contributed by atoms with E-state index in [1.165, 1.54) is 36.3 Å². The molecule has 1 aromatic rings. The van der Waals surface area contributed by atoms with Gasteiger partial charge in [0.25, 0.3) is 0 Å². The highest BCUT2D eigenvalue weighted by Crippen LogP contribution is 2.08. The largest absolute Gasteiger partial charge is 0.396 e. The van der Waals surface area contributed by atoms with E-state index in [1.54, 1.807) is 0 Å². The van der Waals surface area contributed by atoms with Gasteiger partial charge in [0.1, 0.15) is 0 Å². The number of hydrogen-bond acceptors (Lipinski definition) is 3. The minimum Gasteiger partial charge on any atom is -0.396 e. The van der Waals surface area contributed by atoms with Crippen molar-refractivity contribution in [2.75, 3.05) is 24.7 Å². The molecule has 0 saturated heterocycles. The van der Waals surface area contributed by atoms with E-state index in [9.17, 15) is 0 Å². The number of hydrogen-bond donors (Lipinski definition) is 1. The number of thioether (sulfide) groups is 1. The zero-order chi connectivity index (χ0) is 13.6. The van der Waals surface area contributed by atoms with Gasteiger partial charge >= 0.3 is 0 Å². The Bertz CT molecular complexity index is 327. The molecule has 106 valence electrons. The lowest BCUT2D eigenvalue weighted by molar-refractivity contribution is 0.287. The van der Waals surface area contributed by atoms with Crippen LogP contribution in [0.4, 0.5) is 0 Å². The minimum atomic E-state index is 0.333. The molecule has 0 aromatic heterocycles. The highest BCUT2D eigenvalue weighted by Gasteiger charge is 1.91. The summed E-state index contributed by atoms with van der Waals surface area (Å²) < 4.78 is 0. The fourth-order valence-electron chi connectivity index (χ4n) is 1.71. The molecule has 1 rings (SSSR count). The van der Waals surface area contributed by atoms with Gasteiger partial charge in [-0.05, 0) is 42.8 Å². The number of aliphatic imine (C=N–C) groups is 1. The van der Waals surface area contributed by atoms with Gasteiger partial charge in [-0.2, -0.15) is 11.8 Å². The van der Waals surface area contributed by atoms with Crippen LogP contribution in [0.5, 0.6) is 0 Å². The Morgan fingerprint density at radius 3 is 2.42 bits per heavy atom. The first kappa shape index (κ1) is 16.3. The van der Waals surface area contributed by atoms with Crippen molar-refractivity contribution < 1.29 is 5.11 Å². The number of rotatable bonds is 11. The normalized spacial score (nSPS) is 11.2. The SMILES string of the molecule is OCCCCSCCCCCN=Cc1ccccc1. The number of aliphatic hydroxyl groups excluding tert-OH is 1. The predicted octanol–water partition coefficient (Wildman–Crippen LogP) is 3.78. The van der Waals surface area contributed by atoms with E-state index in [0.29, 0.717) is 6.61 Å².